The number of pyridine rings is 1. The highest BCUT2D eigenvalue weighted by Crippen LogP contribution is 2.23. The van der Waals surface area contributed by atoms with Crippen LogP contribution in [0.3, 0.4) is 0 Å². The van der Waals surface area contributed by atoms with Crippen LogP contribution in [-0.4, -0.2) is 15.8 Å². The highest BCUT2D eigenvalue weighted by atomic mass is 35.5. The number of fused-ring (bicyclic) bond motifs is 1. The molecule has 4 heteroatoms. The topological polar surface area (TPSA) is 42.0 Å². The third-order valence-electron chi connectivity index (χ3n) is 2.54. The molecule has 3 nitrogen and oxygen atoms in total. The number of aryl methyl sites for hydroxylation is 1. The van der Waals surface area contributed by atoms with Gasteiger partial charge in [0.05, 0.1) is 5.52 Å². The molecule has 2 rings (SSSR count). The molecule has 0 aliphatic heterocycles. The number of aromatic nitrogens is 1. The first-order chi connectivity index (χ1) is 9.97. The van der Waals surface area contributed by atoms with Crippen molar-refractivity contribution < 1.29 is 8.91 Å². The van der Waals surface area contributed by atoms with Crippen LogP contribution in [0.25, 0.3) is 10.9 Å². The molecule has 0 amide bonds. The van der Waals surface area contributed by atoms with Gasteiger partial charge in [0.1, 0.15) is 5.82 Å². The third kappa shape index (κ3) is 3.24. The number of nitrogens with zero attached hydrogens (tertiary/aromatic N) is 1. The van der Waals surface area contributed by atoms with Crippen molar-refractivity contribution in [2.24, 2.45) is 0 Å². The highest BCUT2D eigenvalue weighted by Gasteiger charge is 2.13. The van der Waals surface area contributed by atoms with Crippen molar-refractivity contribution in [2.45, 2.75) is 33.2 Å². The van der Waals surface area contributed by atoms with E-state index in [0.29, 0.717) is 22.3 Å². The number of carbonyl (C=O) groups excluding carboxylic acids is 1. The second-order valence-electron chi connectivity index (χ2n) is 5.44. The molecule has 0 bridgehead atoms. The van der Waals surface area contributed by atoms with Gasteiger partial charge in [-0.15, -0.1) is 0 Å². The van der Waals surface area contributed by atoms with Crippen LogP contribution >= 0.6 is 11.6 Å². The molecule has 1 N–H and O–H groups in total. The Bertz CT molecular complexity index is 736. The van der Waals surface area contributed by atoms with E-state index in [2.05, 4.69) is 10.3 Å². The lowest BCUT2D eigenvalue weighted by Crippen LogP contribution is -2.27. The molecular weight excluding hydrogens is 260 g/mol. The van der Waals surface area contributed by atoms with Gasteiger partial charge in [-0.05, 0) is 69.1 Å². The third-order valence-corrected chi connectivity index (χ3v) is 2.75. The minimum Gasteiger partial charge on any atom is -0.365 e. The summed E-state index contributed by atoms with van der Waals surface area (Å²) >= 11 is 5.47. The van der Waals surface area contributed by atoms with Gasteiger partial charge in [0.25, 0.3) is 5.24 Å². The van der Waals surface area contributed by atoms with E-state index in [9.17, 15) is 4.79 Å². The van der Waals surface area contributed by atoms with Crippen LogP contribution in [0.5, 0.6) is 0 Å². The van der Waals surface area contributed by atoms with Gasteiger partial charge in [-0.3, -0.25) is 4.79 Å². The van der Waals surface area contributed by atoms with Crippen LogP contribution in [0.2, 0.25) is 0 Å². The largest absolute Gasteiger partial charge is 0.365 e. The van der Waals surface area contributed by atoms with Gasteiger partial charge >= 0.3 is 0 Å². The molecule has 19 heavy (non-hydrogen) atoms. The second kappa shape index (κ2) is 4.82. The number of rotatable bonds is 2. The number of benzene rings is 1. The Balaban J connectivity index is 2.68. The maximum absolute atomic E-state index is 11.2. The van der Waals surface area contributed by atoms with Crippen molar-refractivity contribution in [3.8, 4) is 0 Å². The average molecular weight is 280 g/mol. The summed E-state index contributed by atoms with van der Waals surface area (Å²) in [5.74, 6) is 0.324. The minimum absolute atomic E-state index is 0.120. The fourth-order valence-corrected chi connectivity index (χ4v) is 1.87. The number of carbonyl (C=O) groups is 1. The van der Waals surface area contributed by atoms with Crippen LogP contribution in [0.4, 0.5) is 5.82 Å². The molecule has 0 aliphatic rings. The van der Waals surface area contributed by atoms with Crippen molar-refractivity contribution in [1.82, 2.24) is 4.98 Å². The van der Waals surface area contributed by atoms with Gasteiger partial charge in [-0.1, -0.05) is 0 Å². The summed E-state index contributed by atoms with van der Waals surface area (Å²) < 4.78 is 23.1. The zero-order chi connectivity index (χ0) is 16.7. The molecule has 0 fully saturated rings. The smallest absolute Gasteiger partial charge is 0.252 e. The Kier molecular flexibility index (Phi) is 2.59. The molecule has 0 unspecified atom stereocenters. The molecule has 0 saturated carbocycles. The lowest BCUT2D eigenvalue weighted by molar-refractivity contribution is 0.108. The lowest BCUT2D eigenvalue weighted by Gasteiger charge is -2.22. The first-order valence-electron chi connectivity index (χ1n) is 7.41. The first-order valence-corrected chi connectivity index (χ1v) is 6.28. The fraction of sp³-hybridized carbons (Fsp3) is 0.333. The number of halogens is 1. The van der Waals surface area contributed by atoms with Crippen LogP contribution < -0.4 is 5.32 Å². The molecule has 0 spiro atoms. The zero-order valence-corrected chi connectivity index (χ0v) is 11.8. The van der Waals surface area contributed by atoms with Crippen molar-refractivity contribution in [3.05, 3.63) is 35.4 Å². The number of anilines is 1. The van der Waals surface area contributed by atoms with Crippen LogP contribution in [0.1, 0.15) is 40.8 Å². The lowest BCUT2D eigenvalue weighted by atomic mass is 10.1. The number of hydrogen-bond acceptors (Lipinski definition) is 3. The maximum Gasteiger partial charge on any atom is 0.252 e. The summed E-state index contributed by atoms with van der Waals surface area (Å²) in [4.78, 5) is 15.6. The van der Waals surface area contributed by atoms with Crippen molar-refractivity contribution in [3.63, 3.8) is 0 Å². The summed E-state index contributed by atoms with van der Waals surface area (Å²) in [6.45, 7) is 3.47. The predicted molar refractivity (Wildman–Crippen MR) is 80.0 cm³/mol. The van der Waals surface area contributed by atoms with E-state index in [1.165, 1.54) is 6.07 Å². The summed E-state index contributed by atoms with van der Waals surface area (Å²) in [6, 6.07) is 6.31. The van der Waals surface area contributed by atoms with E-state index in [1.54, 1.807) is 18.2 Å². The second-order valence-corrected chi connectivity index (χ2v) is 5.78. The monoisotopic (exact) mass is 279 g/mol. The molecule has 1 heterocycles. The SMILES string of the molecule is [2H]C([2H])([2H])c1cc2cc(C(=O)Cl)ccc2nc1NC(C)(C)C. The van der Waals surface area contributed by atoms with E-state index in [0.717, 1.165) is 0 Å². The summed E-state index contributed by atoms with van der Waals surface area (Å²) in [5, 5.41) is 3.10. The molecule has 1 aromatic carbocycles. The van der Waals surface area contributed by atoms with E-state index in [1.807, 2.05) is 20.8 Å². The standard InChI is InChI=1S/C15H17ClN2O/c1-9-7-11-8-10(13(16)19)5-6-12(11)17-14(9)18-15(2,3)4/h5-8H,1-4H3,(H,17,18)/i1D3. The van der Waals surface area contributed by atoms with E-state index in [-0.39, 0.29) is 11.1 Å². The van der Waals surface area contributed by atoms with E-state index < -0.39 is 12.1 Å². The number of nitrogens with one attached hydrogen (secondary N) is 1. The molecule has 1 aromatic heterocycles. The minimum atomic E-state index is -2.31. The Morgan fingerprint density at radius 1 is 1.37 bits per heavy atom. The van der Waals surface area contributed by atoms with E-state index in [4.69, 9.17) is 15.7 Å². The Morgan fingerprint density at radius 3 is 2.68 bits per heavy atom. The molecule has 0 aliphatic carbocycles. The van der Waals surface area contributed by atoms with Gasteiger partial charge in [-0.2, -0.15) is 0 Å². The Morgan fingerprint density at radius 2 is 2.11 bits per heavy atom. The average Bonchev–Trinajstić information content (AvgIpc) is 2.34. The summed E-state index contributed by atoms with van der Waals surface area (Å²) in [6.07, 6.45) is 0. The molecule has 0 radical (unpaired) electrons. The summed E-state index contributed by atoms with van der Waals surface area (Å²) in [5.41, 5.74) is 0.701. The normalized spacial score (nSPS) is 14.6. The van der Waals surface area contributed by atoms with Crippen LogP contribution in [-0.2, 0) is 0 Å². The Hall–Kier alpha value is -1.61. The zero-order valence-electron chi connectivity index (χ0n) is 14.0. The van der Waals surface area contributed by atoms with Crippen LogP contribution in [0, 0.1) is 6.85 Å². The van der Waals surface area contributed by atoms with Gasteiger partial charge < -0.3 is 5.32 Å². The van der Waals surface area contributed by atoms with Gasteiger partial charge in [0.15, 0.2) is 0 Å². The molecule has 0 atom stereocenters. The molecular formula is C15H17ClN2O. The molecule has 100 valence electrons. The quantitative estimate of drug-likeness (QED) is 0.841. The van der Waals surface area contributed by atoms with E-state index >= 15 is 0 Å². The van der Waals surface area contributed by atoms with Gasteiger partial charge in [0, 0.05) is 20.6 Å². The molecule has 0 saturated heterocycles. The van der Waals surface area contributed by atoms with Crippen molar-refractivity contribution in [1.29, 1.82) is 0 Å². The maximum atomic E-state index is 11.2. The summed E-state index contributed by atoms with van der Waals surface area (Å²) in [7, 11) is 0. The van der Waals surface area contributed by atoms with Gasteiger partial charge in [0.2, 0.25) is 0 Å². The predicted octanol–water partition coefficient (Wildman–Crippen LogP) is 4.13. The Labute approximate surface area is 122 Å². The first kappa shape index (κ1) is 10.2. The highest BCUT2D eigenvalue weighted by molar-refractivity contribution is 6.67. The van der Waals surface area contributed by atoms with Crippen LogP contribution in [0.15, 0.2) is 24.3 Å². The van der Waals surface area contributed by atoms with Crippen molar-refractivity contribution >= 4 is 33.6 Å². The number of hydrogen-bond donors (Lipinski definition) is 1. The van der Waals surface area contributed by atoms with Gasteiger partial charge in [-0.25, -0.2) is 4.98 Å². The van der Waals surface area contributed by atoms with Crippen molar-refractivity contribution in [2.75, 3.05) is 5.32 Å². The molecule has 2 aromatic rings. The fourth-order valence-electron chi connectivity index (χ4n) is 1.75.